The molecule has 5 nitrogen and oxygen atoms in total. The van der Waals surface area contributed by atoms with Gasteiger partial charge >= 0.3 is 0 Å². The summed E-state index contributed by atoms with van der Waals surface area (Å²) in [7, 11) is 0. The lowest BCUT2D eigenvalue weighted by Crippen LogP contribution is -2.34. The Labute approximate surface area is 225 Å². The van der Waals surface area contributed by atoms with E-state index in [1.807, 2.05) is 26.0 Å². The van der Waals surface area contributed by atoms with Crippen molar-refractivity contribution in [1.82, 2.24) is 10.6 Å². The molecule has 1 saturated heterocycles. The summed E-state index contributed by atoms with van der Waals surface area (Å²) in [4.78, 5) is 28.5. The van der Waals surface area contributed by atoms with E-state index in [0.717, 1.165) is 48.2 Å². The van der Waals surface area contributed by atoms with Crippen molar-refractivity contribution in [3.8, 4) is 20.9 Å². The Kier molecular flexibility index (Phi) is 7.84. The van der Waals surface area contributed by atoms with Crippen LogP contribution < -0.4 is 16.0 Å². The molecule has 2 aromatic carbocycles. The zero-order chi connectivity index (χ0) is 25.8. The average Bonchev–Trinajstić information content (AvgIpc) is 3.65. The number of piperidine rings is 1. The van der Waals surface area contributed by atoms with Crippen LogP contribution >= 0.6 is 22.7 Å². The molecule has 37 heavy (non-hydrogen) atoms. The molecule has 0 aliphatic carbocycles. The number of thiophene rings is 2. The van der Waals surface area contributed by atoms with Gasteiger partial charge in [0.15, 0.2) is 0 Å². The van der Waals surface area contributed by atoms with E-state index < -0.39 is 0 Å². The Morgan fingerprint density at radius 3 is 2.16 bits per heavy atom. The van der Waals surface area contributed by atoms with Crippen LogP contribution in [0, 0.1) is 12.8 Å². The van der Waals surface area contributed by atoms with Gasteiger partial charge in [0.2, 0.25) is 5.91 Å². The summed E-state index contributed by atoms with van der Waals surface area (Å²) < 4.78 is 0. The number of carbonyl (C=O) groups excluding carboxylic acids is 2. The third kappa shape index (κ3) is 6.01. The lowest BCUT2D eigenvalue weighted by atomic mass is 9.97. The van der Waals surface area contributed by atoms with Gasteiger partial charge < -0.3 is 16.0 Å². The number of aryl methyl sites for hydroxylation is 1. The first-order chi connectivity index (χ1) is 18.0. The Morgan fingerprint density at radius 2 is 1.57 bits per heavy atom. The topological polar surface area (TPSA) is 70.2 Å². The molecule has 2 aromatic heterocycles. The molecule has 3 heterocycles. The number of anilines is 1. The van der Waals surface area contributed by atoms with Crippen LogP contribution in [0.1, 0.15) is 47.3 Å². The van der Waals surface area contributed by atoms with Crippen LogP contribution in [-0.4, -0.2) is 24.9 Å². The number of carbonyl (C=O) groups is 2. The summed E-state index contributed by atoms with van der Waals surface area (Å²) in [5, 5.41) is 13.7. The van der Waals surface area contributed by atoms with E-state index in [4.69, 9.17) is 0 Å². The summed E-state index contributed by atoms with van der Waals surface area (Å²) in [6.45, 7) is 5.66. The fourth-order valence-corrected chi connectivity index (χ4v) is 6.13. The molecule has 2 amide bonds. The summed E-state index contributed by atoms with van der Waals surface area (Å²) >= 11 is 3.42. The summed E-state index contributed by atoms with van der Waals surface area (Å²) in [5.41, 5.74) is 5.45. The maximum Gasteiger partial charge on any atom is 0.252 e. The largest absolute Gasteiger partial charge is 0.346 e. The monoisotopic (exact) mass is 529 g/mol. The second-order valence-corrected chi connectivity index (χ2v) is 11.4. The number of amides is 2. The fourth-order valence-electron chi connectivity index (χ4n) is 4.70. The Bertz CT molecular complexity index is 1320. The smallest absolute Gasteiger partial charge is 0.252 e. The summed E-state index contributed by atoms with van der Waals surface area (Å²) in [6.07, 6.45) is 1.67. The molecule has 4 aromatic rings. The zero-order valence-electron chi connectivity index (χ0n) is 21.0. The molecule has 1 aliphatic heterocycles. The van der Waals surface area contributed by atoms with Crippen LogP contribution in [0.2, 0.25) is 0 Å². The zero-order valence-corrected chi connectivity index (χ0v) is 22.7. The van der Waals surface area contributed by atoms with Gasteiger partial charge in [0.1, 0.15) is 0 Å². The molecule has 3 N–H and O–H groups in total. The van der Waals surface area contributed by atoms with Crippen molar-refractivity contribution in [2.45, 2.75) is 32.7 Å². The van der Waals surface area contributed by atoms with E-state index in [-0.39, 0.29) is 23.8 Å². The third-order valence-corrected chi connectivity index (χ3v) is 8.71. The number of rotatable bonds is 7. The second kappa shape index (κ2) is 11.4. The number of hydrogen-bond donors (Lipinski definition) is 3. The molecule has 7 heteroatoms. The predicted molar refractivity (Wildman–Crippen MR) is 154 cm³/mol. The van der Waals surface area contributed by atoms with Crippen molar-refractivity contribution in [2.75, 3.05) is 18.4 Å². The minimum atomic E-state index is -0.196. The molecule has 1 atom stereocenters. The fraction of sp³-hybridized carbons (Fsp3) is 0.267. The first kappa shape index (κ1) is 25.4. The van der Waals surface area contributed by atoms with Crippen molar-refractivity contribution in [3.05, 3.63) is 88.1 Å². The summed E-state index contributed by atoms with van der Waals surface area (Å²) in [5.74, 6) is -0.119. The number of nitrogens with one attached hydrogen (secondary N) is 3. The lowest BCUT2D eigenvalue weighted by molar-refractivity contribution is -0.120. The third-order valence-electron chi connectivity index (χ3n) is 6.87. The van der Waals surface area contributed by atoms with Crippen LogP contribution in [-0.2, 0) is 4.79 Å². The minimum absolute atomic E-state index is 0.00742. The van der Waals surface area contributed by atoms with Crippen molar-refractivity contribution >= 4 is 40.2 Å². The minimum Gasteiger partial charge on any atom is -0.346 e. The highest BCUT2D eigenvalue weighted by molar-refractivity contribution is 7.14. The quantitative estimate of drug-likeness (QED) is 0.244. The van der Waals surface area contributed by atoms with E-state index in [2.05, 4.69) is 69.2 Å². The highest BCUT2D eigenvalue weighted by Gasteiger charge is 2.22. The molecule has 5 rings (SSSR count). The van der Waals surface area contributed by atoms with E-state index in [1.54, 1.807) is 28.7 Å². The van der Waals surface area contributed by atoms with Gasteiger partial charge in [-0.15, -0.1) is 22.7 Å². The Morgan fingerprint density at radius 1 is 0.919 bits per heavy atom. The van der Waals surface area contributed by atoms with E-state index in [1.165, 1.54) is 9.75 Å². The predicted octanol–water partition coefficient (Wildman–Crippen LogP) is 6.88. The van der Waals surface area contributed by atoms with Crippen molar-refractivity contribution in [3.63, 3.8) is 0 Å². The van der Waals surface area contributed by atoms with Gasteiger partial charge in [-0.2, -0.15) is 0 Å². The maximum absolute atomic E-state index is 13.4. The average molecular weight is 530 g/mol. The molecule has 190 valence electrons. The molecule has 1 fully saturated rings. The van der Waals surface area contributed by atoms with Gasteiger partial charge in [-0.05, 0) is 115 Å². The van der Waals surface area contributed by atoms with Gasteiger partial charge in [0.25, 0.3) is 5.91 Å². The molecule has 0 radical (unpaired) electrons. The van der Waals surface area contributed by atoms with Crippen molar-refractivity contribution in [1.29, 1.82) is 0 Å². The highest BCUT2D eigenvalue weighted by atomic mass is 32.1. The first-order valence-electron chi connectivity index (χ1n) is 12.6. The number of benzene rings is 2. The normalized spacial score (nSPS) is 14.8. The maximum atomic E-state index is 13.4. The van der Waals surface area contributed by atoms with Crippen molar-refractivity contribution < 1.29 is 9.59 Å². The summed E-state index contributed by atoms with van der Waals surface area (Å²) in [6, 6.07) is 20.3. The van der Waals surface area contributed by atoms with Gasteiger partial charge in [-0.3, -0.25) is 9.59 Å². The van der Waals surface area contributed by atoms with Crippen molar-refractivity contribution in [2.24, 2.45) is 5.92 Å². The van der Waals surface area contributed by atoms with Gasteiger partial charge in [0, 0.05) is 26.9 Å². The lowest BCUT2D eigenvalue weighted by Gasteiger charge is -2.22. The van der Waals surface area contributed by atoms with Crippen LogP contribution in [0.4, 0.5) is 5.69 Å². The van der Waals surface area contributed by atoms with E-state index in [0.29, 0.717) is 11.3 Å². The SMILES string of the molecule is Cc1ccc(NC(=O)C2CCNCC2)cc1C(=O)N[C@H](C)c1cc(-c2cccs2)cc(-c2cccs2)c1. The van der Waals surface area contributed by atoms with E-state index >= 15 is 0 Å². The van der Waals surface area contributed by atoms with E-state index in [9.17, 15) is 9.59 Å². The molecular formula is C30H31N3O2S2. The molecule has 1 aliphatic rings. The molecule has 0 unspecified atom stereocenters. The van der Waals surface area contributed by atoms with Crippen LogP contribution in [0.15, 0.2) is 71.4 Å². The van der Waals surface area contributed by atoms with Gasteiger partial charge in [-0.25, -0.2) is 0 Å². The number of hydrogen-bond acceptors (Lipinski definition) is 5. The Hall–Kier alpha value is -3.26. The molecule has 0 spiro atoms. The highest BCUT2D eigenvalue weighted by Crippen LogP contribution is 2.34. The van der Waals surface area contributed by atoms with Gasteiger partial charge in [-0.1, -0.05) is 18.2 Å². The van der Waals surface area contributed by atoms with Crippen LogP contribution in [0.25, 0.3) is 20.9 Å². The second-order valence-electron chi connectivity index (χ2n) is 9.54. The molecule has 0 bridgehead atoms. The van der Waals surface area contributed by atoms with Crippen LogP contribution in [0.3, 0.4) is 0 Å². The first-order valence-corrected chi connectivity index (χ1v) is 14.4. The standard InChI is InChI=1S/C30H31N3O2S2/c1-19-7-8-25(33-29(34)21-9-11-31-12-10-21)18-26(19)30(35)32-20(2)22-15-23(27-5-3-13-36-27)17-24(16-22)28-6-4-14-37-28/h3-8,13-18,20-21,31H,9-12H2,1-2H3,(H,32,35)(H,33,34)/t20-/m1/s1. The molecule has 0 saturated carbocycles. The molecular weight excluding hydrogens is 498 g/mol. The van der Waals surface area contributed by atoms with Crippen LogP contribution in [0.5, 0.6) is 0 Å². The van der Waals surface area contributed by atoms with Gasteiger partial charge in [0.05, 0.1) is 6.04 Å². The Balaban J connectivity index is 1.36.